The van der Waals surface area contributed by atoms with Crippen LogP contribution in [0.3, 0.4) is 0 Å². The van der Waals surface area contributed by atoms with Crippen LogP contribution in [0.15, 0.2) is 30.3 Å². The molecule has 1 aliphatic heterocycles. The first kappa shape index (κ1) is 13.9. The minimum Gasteiger partial charge on any atom is -0.307 e. The third-order valence-electron chi connectivity index (χ3n) is 3.99. The van der Waals surface area contributed by atoms with Crippen molar-refractivity contribution >= 4 is 12.6 Å². The first-order valence-corrected chi connectivity index (χ1v) is 7.32. The molecule has 3 heteroatoms. The number of hydrogen-bond donors (Lipinski definition) is 2. The van der Waals surface area contributed by atoms with Crippen molar-refractivity contribution in [2.75, 3.05) is 13.1 Å². The lowest BCUT2D eigenvalue weighted by Gasteiger charge is -2.41. The van der Waals surface area contributed by atoms with Gasteiger partial charge in [-0.3, -0.25) is 4.90 Å². The van der Waals surface area contributed by atoms with Gasteiger partial charge in [-0.2, -0.15) is 12.6 Å². The van der Waals surface area contributed by atoms with Crippen LogP contribution >= 0.6 is 12.6 Å². The predicted octanol–water partition coefficient (Wildman–Crippen LogP) is 2.91. The van der Waals surface area contributed by atoms with Crippen molar-refractivity contribution in [2.45, 2.75) is 44.1 Å². The molecule has 0 saturated carbocycles. The molecule has 0 bridgehead atoms. The third-order valence-corrected chi connectivity index (χ3v) is 4.32. The summed E-state index contributed by atoms with van der Waals surface area (Å²) in [6.07, 6.45) is 2.40. The largest absolute Gasteiger partial charge is 0.307 e. The van der Waals surface area contributed by atoms with Gasteiger partial charge in [0.25, 0.3) is 0 Å². The Labute approximate surface area is 116 Å². The van der Waals surface area contributed by atoms with Gasteiger partial charge >= 0.3 is 0 Å². The van der Waals surface area contributed by atoms with E-state index in [2.05, 4.69) is 67.0 Å². The van der Waals surface area contributed by atoms with E-state index in [-0.39, 0.29) is 5.54 Å². The van der Waals surface area contributed by atoms with Crippen LogP contribution in [0, 0.1) is 0 Å². The molecular weight excluding hydrogens is 240 g/mol. The lowest BCUT2D eigenvalue weighted by atomic mass is 9.89. The topological polar surface area (TPSA) is 15.3 Å². The molecule has 0 aromatic heterocycles. The number of rotatable bonds is 4. The Balaban J connectivity index is 1.83. The molecule has 1 aromatic carbocycles. The van der Waals surface area contributed by atoms with Crippen molar-refractivity contribution in [3.63, 3.8) is 0 Å². The van der Waals surface area contributed by atoms with Gasteiger partial charge in [0, 0.05) is 30.5 Å². The molecule has 1 unspecified atom stereocenters. The molecule has 1 atom stereocenters. The van der Waals surface area contributed by atoms with Crippen molar-refractivity contribution in [1.29, 1.82) is 0 Å². The predicted molar refractivity (Wildman–Crippen MR) is 80.9 cm³/mol. The quantitative estimate of drug-likeness (QED) is 0.813. The van der Waals surface area contributed by atoms with E-state index in [1.807, 2.05) is 0 Å². The van der Waals surface area contributed by atoms with Gasteiger partial charge in [0.1, 0.15) is 0 Å². The van der Waals surface area contributed by atoms with Crippen molar-refractivity contribution in [3.05, 3.63) is 35.9 Å². The zero-order valence-corrected chi connectivity index (χ0v) is 12.3. The van der Waals surface area contributed by atoms with Crippen LogP contribution in [-0.4, -0.2) is 28.9 Å². The van der Waals surface area contributed by atoms with Crippen molar-refractivity contribution < 1.29 is 0 Å². The van der Waals surface area contributed by atoms with Gasteiger partial charge in [0.15, 0.2) is 0 Å². The van der Waals surface area contributed by atoms with Crippen LogP contribution in [-0.2, 0) is 6.54 Å². The van der Waals surface area contributed by atoms with Gasteiger partial charge in [-0.15, -0.1) is 0 Å². The maximum absolute atomic E-state index is 4.51. The molecule has 1 aromatic rings. The highest BCUT2D eigenvalue weighted by atomic mass is 32.1. The second-order valence-corrected chi connectivity index (χ2v) is 6.31. The second-order valence-electron chi connectivity index (χ2n) is 5.57. The van der Waals surface area contributed by atoms with E-state index in [0.717, 1.165) is 19.6 Å². The van der Waals surface area contributed by atoms with Crippen molar-refractivity contribution in [3.8, 4) is 0 Å². The number of nitrogens with zero attached hydrogens (tertiary/aromatic N) is 1. The summed E-state index contributed by atoms with van der Waals surface area (Å²) in [4.78, 5) is 2.44. The summed E-state index contributed by atoms with van der Waals surface area (Å²) in [7, 11) is 0. The molecule has 0 amide bonds. The highest BCUT2D eigenvalue weighted by molar-refractivity contribution is 7.80. The second kappa shape index (κ2) is 6.09. The molecule has 0 radical (unpaired) electrons. The van der Waals surface area contributed by atoms with Crippen LogP contribution in [0.1, 0.15) is 32.3 Å². The monoisotopic (exact) mass is 264 g/mol. The normalized spacial score (nSPS) is 21.7. The smallest absolute Gasteiger partial charge is 0.0499 e. The number of piperidine rings is 1. The van der Waals surface area contributed by atoms with Gasteiger partial charge in [-0.25, -0.2) is 0 Å². The molecule has 1 fully saturated rings. The zero-order valence-electron chi connectivity index (χ0n) is 11.4. The van der Waals surface area contributed by atoms with Crippen LogP contribution in [0.25, 0.3) is 0 Å². The van der Waals surface area contributed by atoms with Gasteiger partial charge < -0.3 is 5.32 Å². The molecular formula is C15H24N2S. The molecule has 2 nitrogen and oxygen atoms in total. The minimum atomic E-state index is 0.273. The molecule has 1 saturated heterocycles. The minimum absolute atomic E-state index is 0.273. The SMILES string of the molecule is CC(S)N1CCC(C)(NCc2ccccc2)CC1. The van der Waals surface area contributed by atoms with Crippen LogP contribution < -0.4 is 5.32 Å². The summed E-state index contributed by atoms with van der Waals surface area (Å²) >= 11 is 4.51. The number of thiol groups is 1. The van der Waals surface area contributed by atoms with E-state index < -0.39 is 0 Å². The molecule has 1 heterocycles. The van der Waals surface area contributed by atoms with Crippen molar-refractivity contribution in [1.82, 2.24) is 10.2 Å². The number of nitrogens with one attached hydrogen (secondary N) is 1. The fraction of sp³-hybridized carbons (Fsp3) is 0.600. The highest BCUT2D eigenvalue weighted by Crippen LogP contribution is 2.24. The molecule has 18 heavy (non-hydrogen) atoms. The summed E-state index contributed by atoms with van der Waals surface area (Å²) < 4.78 is 0. The number of hydrogen-bond acceptors (Lipinski definition) is 3. The molecule has 2 rings (SSSR count). The highest BCUT2D eigenvalue weighted by Gasteiger charge is 2.30. The zero-order chi connectivity index (χ0) is 13.0. The Kier molecular flexibility index (Phi) is 4.71. The average molecular weight is 264 g/mol. The fourth-order valence-corrected chi connectivity index (χ4v) is 2.71. The molecule has 1 aliphatic rings. The van der Waals surface area contributed by atoms with Gasteiger partial charge in [-0.05, 0) is 32.3 Å². The summed E-state index contributed by atoms with van der Waals surface area (Å²) in [5.41, 5.74) is 1.64. The van der Waals surface area contributed by atoms with Gasteiger partial charge in [-0.1, -0.05) is 30.3 Å². The summed E-state index contributed by atoms with van der Waals surface area (Å²) in [5.74, 6) is 0. The molecule has 1 N–H and O–H groups in total. The van der Waals surface area contributed by atoms with E-state index in [9.17, 15) is 0 Å². The lowest BCUT2D eigenvalue weighted by molar-refractivity contribution is 0.141. The third kappa shape index (κ3) is 3.74. The Hall–Kier alpha value is -0.510. The maximum atomic E-state index is 4.51. The summed E-state index contributed by atoms with van der Waals surface area (Å²) in [5, 5.41) is 4.10. The van der Waals surface area contributed by atoms with E-state index >= 15 is 0 Å². The first-order chi connectivity index (χ1) is 8.59. The average Bonchev–Trinajstić information content (AvgIpc) is 2.38. The molecule has 0 aliphatic carbocycles. The first-order valence-electron chi connectivity index (χ1n) is 6.80. The van der Waals surface area contributed by atoms with E-state index in [0.29, 0.717) is 5.37 Å². The van der Waals surface area contributed by atoms with E-state index in [1.165, 1.54) is 18.4 Å². The Bertz CT molecular complexity index is 356. The van der Waals surface area contributed by atoms with Crippen molar-refractivity contribution in [2.24, 2.45) is 0 Å². The standard InChI is InChI=1S/C15H24N2S/c1-13(18)17-10-8-15(2,9-11-17)16-12-14-6-4-3-5-7-14/h3-7,13,16,18H,8-12H2,1-2H3. The van der Waals surface area contributed by atoms with Gasteiger partial charge in [0.2, 0.25) is 0 Å². The number of benzene rings is 1. The fourth-order valence-electron chi connectivity index (χ4n) is 2.48. The Morgan fingerprint density at radius 1 is 1.28 bits per heavy atom. The molecule has 0 spiro atoms. The van der Waals surface area contributed by atoms with E-state index in [1.54, 1.807) is 0 Å². The maximum Gasteiger partial charge on any atom is 0.0499 e. The van der Waals surface area contributed by atoms with Crippen LogP contribution in [0.5, 0.6) is 0 Å². The Morgan fingerprint density at radius 3 is 2.44 bits per heavy atom. The summed E-state index contributed by atoms with van der Waals surface area (Å²) in [6.45, 7) is 7.75. The Morgan fingerprint density at radius 2 is 1.89 bits per heavy atom. The molecule has 100 valence electrons. The van der Waals surface area contributed by atoms with Crippen LogP contribution in [0.2, 0.25) is 0 Å². The van der Waals surface area contributed by atoms with E-state index in [4.69, 9.17) is 0 Å². The van der Waals surface area contributed by atoms with Gasteiger partial charge in [0.05, 0.1) is 0 Å². The number of likely N-dealkylation sites (tertiary alicyclic amines) is 1. The lowest BCUT2D eigenvalue weighted by Crippen LogP contribution is -2.52. The summed E-state index contributed by atoms with van der Waals surface area (Å²) in [6, 6.07) is 10.6. The van der Waals surface area contributed by atoms with Crippen LogP contribution in [0.4, 0.5) is 0 Å².